The summed E-state index contributed by atoms with van der Waals surface area (Å²) in [4.78, 5) is 11.2. The molecule has 0 saturated carbocycles. The molecule has 5 nitrogen and oxygen atoms in total. The van der Waals surface area contributed by atoms with Crippen LogP contribution in [0.5, 0.6) is 0 Å². The first-order chi connectivity index (χ1) is 10.3. The molecule has 0 unspecified atom stereocenters. The molecule has 8 heteroatoms. The fraction of sp³-hybridized carbons (Fsp3) is 0.0714. The Bertz CT molecular complexity index is 806. The number of hydrogen-bond acceptors (Lipinski definition) is 4. The minimum Gasteiger partial charge on any atom is -0.465 e. The Hall–Kier alpha value is -2.12. The largest absolute Gasteiger partial charge is 0.465 e. The van der Waals surface area contributed by atoms with Gasteiger partial charge < -0.3 is 4.74 Å². The summed E-state index contributed by atoms with van der Waals surface area (Å²) in [5.41, 5.74) is -0.0556. The Morgan fingerprint density at radius 3 is 2.41 bits per heavy atom. The van der Waals surface area contributed by atoms with Crippen LogP contribution in [0.15, 0.2) is 47.4 Å². The van der Waals surface area contributed by atoms with Gasteiger partial charge in [-0.15, -0.1) is 0 Å². The fourth-order valence-corrected chi connectivity index (χ4v) is 2.91. The first-order valence-electron chi connectivity index (χ1n) is 6.00. The number of esters is 1. The lowest BCUT2D eigenvalue weighted by Gasteiger charge is -2.10. The summed E-state index contributed by atoms with van der Waals surface area (Å²) >= 11 is 5.60. The van der Waals surface area contributed by atoms with E-state index in [1.54, 1.807) is 0 Å². The molecule has 0 saturated heterocycles. The Morgan fingerprint density at radius 1 is 1.18 bits per heavy atom. The molecular formula is C14H11ClFNO4S. The van der Waals surface area contributed by atoms with E-state index in [-0.39, 0.29) is 21.2 Å². The monoisotopic (exact) mass is 343 g/mol. The predicted molar refractivity (Wildman–Crippen MR) is 80.0 cm³/mol. The van der Waals surface area contributed by atoms with Crippen molar-refractivity contribution in [1.82, 2.24) is 0 Å². The minimum atomic E-state index is -4.00. The number of ether oxygens (including phenoxy) is 1. The molecule has 0 bridgehead atoms. The molecule has 0 amide bonds. The second-order valence-corrected chi connectivity index (χ2v) is 6.31. The summed E-state index contributed by atoms with van der Waals surface area (Å²) in [6.07, 6.45) is 0. The molecule has 0 spiro atoms. The van der Waals surface area contributed by atoms with Crippen molar-refractivity contribution in [3.05, 3.63) is 58.9 Å². The van der Waals surface area contributed by atoms with Gasteiger partial charge in [-0.05, 0) is 36.4 Å². The standard InChI is InChI=1S/C14H11ClFNO4S/c1-21-14(18)9-5-7-10(8-6-9)22(19,20)17-12-4-2-3-11(15)13(12)16/h2-8,17H,1H3. The van der Waals surface area contributed by atoms with Gasteiger partial charge >= 0.3 is 5.97 Å². The van der Waals surface area contributed by atoms with Crippen LogP contribution < -0.4 is 4.72 Å². The van der Waals surface area contributed by atoms with Crippen molar-refractivity contribution in [2.45, 2.75) is 4.90 Å². The zero-order valence-electron chi connectivity index (χ0n) is 11.3. The van der Waals surface area contributed by atoms with Gasteiger partial charge in [0.05, 0.1) is 28.3 Å². The van der Waals surface area contributed by atoms with E-state index in [9.17, 15) is 17.6 Å². The molecule has 0 aliphatic rings. The topological polar surface area (TPSA) is 72.5 Å². The molecule has 0 fully saturated rings. The molecule has 2 rings (SSSR count). The van der Waals surface area contributed by atoms with Crippen molar-refractivity contribution in [3.63, 3.8) is 0 Å². The number of carbonyl (C=O) groups excluding carboxylic acids is 1. The van der Waals surface area contributed by atoms with Gasteiger partial charge in [-0.25, -0.2) is 17.6 Å². The van der Waals surface area contributed by atoms with Crippen LogP contribution in [0.2, 0.25) is 5.02 Å². The molecular weight excluding hydrogens is 333 g/mol. The molecule has 22 heavy (non-hydrogen) atoms. The molecule has 0 aromatic heterocycles. The van der Waals surface area contributed by atoms with Crippen LogP contribution in [0.1, 0.15) is 10.4 Å². The third kappa shape index (κ3) is 3.37. The van der Waals surface area contributed by atoms with E-state index in [1.165, 1.54) is 49.6 Å². The van der Waals surface area contributed by atoms with Crippen LogP contribution in [0.4, 0.5) is 10.1 Å². The summed E-state index contributed by atoms with van der Waals surface area (Å²) in [7, 11) is -2.78. The maximum absolute atomic E-state index is 13.7. The van der Waals surface area contributed by atoms with Crippen molar-refractivity contribution in [2.75, 3.05) is 11.8 Å². The molecule has 0 radical (unpaired) electrons. The molecule has 2 aromatic carbocycles. The van der Waals surface area contributed by atoms with Gasteiger partial charge in [0.15, 0.2) is 5.82 Å². The summed E-state index contributed by atoms with van der Waals surface area (Å²) in [6, 6.07) is 9.02. The minimum absolute atomic E-state index is 0.125. The lowest BCUT2D eigenvalue weighted by molar-refractivity contribution is 0.0600. The van der Waals surface area contributed by atoms with Gasteiger partial charge in [-0.2, -0.15) is 0 Å². The number of carbonyl (C=O) groups is 1. The fourth-order valence-electron chi connectivity index (χ4n) is 1.67. The Labute approximate surface area is 131 Å². The quantitative estimate of drug-likeness (QED) is 0.866. The number of rotatable bonds is 4. The number of hydrogen-bond donors (Lipinski definition) is 1. The zero-order chi connectivity index (χ0) is 16.3. The summed E-state index contributed by atoms with van der Waals surface area (Å²) in [5.74, 6) is -1.45. The van der Waals surface area contributed by atoms with E-state index in [2.05, 4.69) is 9.46 Å². The first-order valence-corrected chi connectivity index (χ1v) is 7.86. The highest BCUT2D eigenvalue weighted by molar-refractivity contribution is 7.92. The van der Waals surface area contributed by atoms with Gasteiger partial charge in [-0.1, -0.05) is 17.7 Å². The first kappa shape index (κ1) is 16.3. The van der Waals surface area contributed by atoms with Crippen LogP contribution >= 0.6 is 11.6 Å². The third-order valence-corrected chi connectivity index (χ3v) is 4.45. The van der Waals surface area contributed by atoms with Crippen LogP contribution in [-0.4, -0.2) is 21.5 Å². The van der Waals surface area contributed by atoms with Crippen molar-refractivity contribution in [2.24, 2.45) is 0 Å². The van der Waals surface area contributed by atoms with E-state index in [0.29, 0.717) is 0 Å². The van der Waals surface area contributed by atoms with Gasteiger partial charge in [0.25, 0.3) is 10.0 Å². The average molecular weight is 344 g/mol. The Kier molecular flexibility index (Phi) is 4.68. The molecule has 0 aliphatic heterocycles. The van der Waals surface area contributed by atoms with Gasteiger partial charge in [0.1, 0.15) is 0 Å². The van der Waals surface area contributed by atoms with Crippen LogP contribution in [0.25, 0.3) is 0 Å². The number of nitrogens with one attached hydrogen (secondary N) is 1. The lowest BCUT2D eigenvalue weighted by Crippen LogP contribution is -2.14. The normalized spacial score (nSPS) is 11.0. The molecule has 116 valence electrons. The van der Waals surface area contributed by atoms with E-state index >= 15 is 0 Å². The second kappa shape index (κ2) is 6.33. The Balaban J connectivity index is 2.31. The molecule has 0 atom stereocenters. The SMILES string of the molecule is COC(=O)c1ccc(S(=O)(=O)Nc2cccc(Cl)c2F)cc1. The average Bonchev–Trinajstić information content (AvgIpc) is 2.51. The number of sulfonamides is 1. The van der Waals surface area contributed by atoms with Gasteiger partial charge in [0, 0.05) is 0 Å². The van der Waals surface area contributed by atoms with E-state index in [0.717, 1.165) is 0 Å². The number of anilines is 1. The third-order valence-electron chi connectivity index (χ3n) is 2.78. The highest BCUT2D eigenvalue weighted by Gasteiger charge is 2.18. The zero-order valence-corrected chi connectivity index (χ0v) is 12.9. The Morgan fingerprint density at radius 2 is 1.82 bits per heavy atom. The molecule has 1 N–H and O–H groups in total. The highest BCUT2D eigenvalue weighted by Crippen LogP contribution is 2.24. The molecule has 0 aliphatic carbocycles. The summed E-state index contributed by atoms with van der Waals surface area (Å²) in [5, 5.41) is -0.193. The van der Waals surface area contributed by atoms with Gasteiger partial charge in [0.2, 0.25) is 0 Å². The van der Waals surface area contributed by atoms with Crippen molar-refractivity contribution < 1.29 is 22.3 Å². The number of halogens is 2. The van der Waals surface area contributed by atoms with E-state index < -0.39 is 21.8 Å². The maximum atomic E-state index is 13.7. The second-order valence-electron chi connectivity index (χ2n) is 4.22. The predicted octanol–water partition coefficient (Wildman–Crippen LogP) is 3.07. The lowest BCUT2D eigenvalue weighted by atomic mass is 10.2. The summed E-state index contributed by atoms with van der Waals surface area (Å²) < 4.78 is 44.7. The summed E-state index contributed by atoms with van der Waals surface area (Å²) in [6.45, 7) is 0. The number of benzene rings is 2. The van der Waals surface area contributed by atoms with Crippen LogP contribution in [-0.2, 0) is 14.8 Å². The van der Waals surface area contributed by atoms with Crippen LogP contribution in [0, 0.1) is 5.82 Å². The van der Waals surface area contributed by atoms with E-state index in [1.807, 2.05) is 0 Å². The van der Waals surface area contributed by atoms with Crippen molar-refractivity contribution in [1.29, 1.82) is 0 Å². The highest BCUT2D eigenvalue weighted by atomic mass is 35.5. The molecule has 2 aromatic rings. The number of methoxy groups -OCH3 is 1. The molecule has 0 heterocycles. The maximum Gasteiger partial charge on any atom is 0.337 e. The van der Waals surface area contributed by atoms with Crippen LogP contribution in [0.3, 0.4) is 0 Å². The smallest absolute Gasteiger partial charge is 0.337 e. The van der Waals surface area contributed by atoms with Crippen molar-refractivity contribution in [3.8, 4) is 0 Å². The van der Waals surface area contributed by atoms with Gasteiger partial charge in [-0.3, -0.25) is 4.72 Å². The van der Waals surface area contributed by atoms with Crippen molar-refractivity contribution >= 4 is 33.3 Å². The van der Waals surface area contributed by atoms with E-state index in [4.69, 9.17) is 11.6 Å².